The Morgan fingerprint density at radius 1 is 1.00 bits per heavy atom. The van der Waals surface area contributed by atoms with Crippen LogP contribution in [-0.2, 0) is 0 Å². The van der Waals surface area contributed by atoms with Crippen LogP contribution >= 0.6 is 23.4 Å². The van der Waals surface area contributed by atoms with Crippen molar-refractivity contribution in [3.63, 3.8) is 0 Å². The van der Waals surface area contributed by atoms with Gasteiger partial charge >= 0.3 is 0 Å². The van der Waals surface area contributed by atoms with E-state index in [0.717, 1.165) is 11.3 Å². The van der Waals surface area contributed by atoms with Gasteiger partial charge in [-0.05, 0) is 73.1 Å². The maximum Gasteiger partial charge on any atom is 0.202 e. The first-order valence-corrected chi connectivity index (χ1v) is 9.94. The first-order chi connectivity index (χ1) is 14.1. The van der Waals surface area contributed by atoms with Crippen LogP contribution in [0.5, 0.6) is 0 Å². The monoisotopic (exact) mass is 418 g/mol. The van der Waals surface area contributed by atoms with Gasteiger partial charge in [0.2, 0.25) is 5.16 Å². The van der Waals surface area contributed by atoms with E-state index >= 15 is 0 Å². The van der Waals surface area contributed by atoms with Gasteiger partial charge in [-0.1, -0.05) is 17.7 Å². The number of halogens is 1. The quantitative estimate of drug-likeness (QED) is 0.463. The van der Waals surface area contributed by atoms with Crippen molar-refractivity contribution in [3.8, 4) is 23.1 Å². The molecule has 0 saturated heterocycles. The first kappa shape index (κ1) is 19.1. The maximum atomic E-state index is 9.21. The molecule has 0 fully saturated rings. The van der Waals surface area contributed by atoms with Crippen LogP contribution in [0.25, 0.3) is 17.1 Å². The number of aromatic nitrogens is 5. The van der Waals surface area contributed by atoms with Crippen molar-refractivity contribution in [1.29, 1.82) is 5.26 Å². The van der Waals surface area contributed by atoms with Crippen LogP contribution in [0.1, 0.15) is 16.8 Å². The highest BCUT2D eigenvalue weighted by Gasteiger charge is 2.18. The minimum absolute atomic E-state index is 0.184. The Kier molecular flexibility index (Phi) is 5.30. The molecule has 0 saturated carbocycles. The SMILES string of the molecule is Cc1ccc(-n2c(Sc3ccc(Cl)c(C#N)n3)nnc2-c2ccncc2)cc1C. The minimum atomic E-state index is 0.184. The number of nitriles is 1. The number of benzene rings is 1. The summed E-state index contributed by atoms with van der Waals surface area (Å²) in [6.07, 6.45) is 3.45. The molecule has 8 heteroatoms. The molecule has 0 aliphatic carbocycles. The fourth-order valence-corrected chi connectivity index (χ4v) is 3.75. The van der Waals surface area contributed by atoms with E-state index in [2.05, 4.69) is 46.1 Å². The maximum absolute atomic E-state index is 9.21. The zero-order chi connectivity index (χ0) is 20.4. The second-order valence-electron chi connectivity index (χ2n) is 6.34. The highest BCUT2D eigenvalue weighted by molar-refractivity contribution is 7.99. The molecule has 0 aliphatic rings. The summed E-state index contributed by atoms with van der Waals surface area (Å²) in [5.74, 6) is 0.702. The Labute approximate surface area is 177 Å². The fourth-order valence-electron chi connectivity index (χ4n) is 2.77. The molecular formula is C21H15ClN6S. The molecule has 1 aromatic carbocycles. The summed E-state index contributed by atoms with van der Waals surface area (Å²) in [6.45, 7) is 4.15. The van der Waals surface area contributed by atoms with Gasteiger partial charge in [0.15, 0.2) is 11.5 Å². The van der Waals surface area contributed by atoms with E-state index in [1.165, 1.54) is 22.9 Å². The van der Waals surface area contributed by atoms with E-state index in [1.807, 2.05) is 28.8 Å². The molecule has 0 amide bonds. The van der Waals surface area contributed by atoms with Crippen LogP contribution in [0.4, 0.5) is 0 Å². The molecule has 0 atom stereocenters. The molecule has 6 nitrogen and oxygen atoms in total. The van der Waals surface area contributed by atoms with Gasteiger partial charge in [-0.15, -0.1) is 10.2 Å². The number of hydrogen-bond acceptors (Lipinski definition) is 6. The van der Waals surface area contributed by atoms with E-state index in [1.54, 1.807) is 24.5 Å². The molecule has 4 rings (SSSR count). The predicted molar refractivity (Wildman–Crippen MR) is 112 cm³/mol. The van der Waals surface area contributed by atoms with Gasteiger partial charge in [0, 0.05) is 18.0 Å². The Morgan fingerprint density at radius 3 is 2.52 bits per heavy atom. The van der Waals surface area contributed by atoms with Crippen molar-refractivity contribution >= 4 is 23.4 Å². The van der Waals surface area contributed by atoms with E-state index < -0.39 is 0 Å². The highest BCUT2D eigenvalue weighted by atomic mass is 35.5. The zero-order valence-electron chi connectivity index (χ0n) is 15.7. The Hall–Kier alpha value is -3.21. The molecule has 0 spiro atoms. The van der Waals surface area contributed by atoms with Crippen LogP contribution in [0.15, 0.2) is 65.0 Å². The molecule has 142 valence electrons. The second kappa shape index (κ2) is 8.03. The van der Waals surface area contributed by atoms with Gasteiger partial charge in [0.1, 0.15) is 11.1 Å². The summed E-state index contributed by atoms with van der Waals surface area (Å²) >= 11 is 7.34. The summed E-state index contributed by atoms with van der Waals surface area (Å²) in [4.78, 5) is 8.40. The average molecular weight is 419 g/mol. The lowest BCUT2D eigenvalue weighted by Gasteiger charge is -2.12. The normalized spacial score (nSPS) is 10.7. The predicted octanol–water partition coefficient (Wildman–Crippen LogP) is 5.02. The Balaban J connectivity index is 1.85. The van der Waals surface area contributed by atoms with Gasteiger partial charge < -0.3 is 0 Å². The number of rotatable bonds is 4. The van der Waals surface area contributed by atoms with Crippen molar-refractivity contribution < 1.29 is 0 Å². The van der Waals surface area contributed by atoms with Crippen LogP contribution < -0.4 is 0 Å². The van der Waals surface area contributed by atoms with E-state index in [4.69, 9.17) is 11.6 Å². The molecule has 0 N–H and O–H groups in total. The van der Waals surface area contributed by atoms with Gasteiger partial charge in [0.25, 0.3) is 0 Å². The van der Waals surface area contributed by atoms with Gasteiger partial charge in [0.05, 0.1) is 10.7 Å². The molecule has 0 bridgehead atoms. The van der Waals surface area contributed by atoms with Crippen molar-refractivity contribution in [2.45, 2.75) is 24.0 Å². The Morgan fingerprint density at radius 2 is 1.79 bits per heavy atom. The molecule has 0 radical (unpaired) electrons. The lowest BCUT2D eigenvalue weighted by molar-refractivity contribution is 0.881. The lowest BCUT2D eigenvalue weighted by atomic mass is 10.1. The van der Waals surface area contributed by atoms with Crippen LogP contribution in [0, 0.1) is 25.2 Å². The summed E-state index contributed by atoms with van der Waals surface area (Å²) in [6, 6.07) is 15.4. The lowest BCUT2D eigenvalue weighted by Crippen LogP contribution is -2.01. The Bertz CT molecular complexity index is 1230. The van der Waals surface area contributed by atoms with Crippen LogP contribution in [0.3, 0.4) is 0 Å². The first-order valence-electron chi connectivity index (χ1n) is 8.75. The van der Waals surface area contributed by atoms with Gasteiger partial charge in [-0.25, -0.2) is 4.98 Å². The van der Waals surface area contributed by atoms with E-state index in [0.29, 0.717) is 21.0 Å². The molecule has 0 aliphatic heterocycles. The number of pyridine rings is 2. The summed E-state index contributed by atoms with van der Waals surface area (Å²) in [5, 5.41) is 19.6. The minimum Gasteiger partial charge on any atom is -0.270 e. The molecule has 29 heavy (non-hydrogen) atoms. The van der Waals surface area contributed by atoms with Gasteiger partial charge in [-0.3, -0.25) is 9.55 Å². The number of hydrogen-bond donors (Lipinski definition) is 0. The van der Waals surface area contributed by atoms with E-state index in [-0.39, 0.29) is 5.69 Å². The van der Waals surface area contributed by atoms with Crippen molar-refractivity contribution in [2.24, 2.45) is 0 Å². The summed E-state index contributed by atoms with van der Waals surface area (Å²) < 4.78 is 1.98. The standard InChI is InChI=1S/C21H15ClN6S/c1-13-3-4-16(11-14(13)2)28-20(15-7-9-24-10-8-15)26-27-21(28)29-19-6-5-17(22)18(12-23)25-19/h3-11H,1-2H3. The van der Waals surface area contributed by atoms with Crippen molar-refractivity contribution in [3.05, 3.63) is 76.7 Å². The van der Waals surface area contributed by atoms with Gasteiger partial charge in [-0.2, -0.15) is 5.26 Å². The molecule has 3 aromatic heterocycles. The highest BCUT2D eigenvalue weighted by Crippen LogP contribution is 2.32. The summed E-state index contributed by atoms with van der Waals surface area (Å²) in [7, 11) is 0. The summed E-state index contributed by atoms with van der Waals surface area (Å²) in [5.41, 5.74) is 4.41. The molecule has 0 unspecified atom stereocenters. The van der Waals surface area contributed by atoms with Crippen LogP contribution in [0.2, 0.25) is 5.02 Å². The number of aryl methyl sites for hydroxylation is 2. The molecule has 3 heterocycles. The topological polar surface area (TPSA) is 80.3 Å². The average Bonchev–Trinajstić information content (AvgIpc) is 3.15. The number of nitrogens with zero attached hydrogens (tertiary/aromatic N) is 6. The molecule has 4 aromatic rings. The third kappa shape index (κ3) is 3.86. The van der Waals surface area contributed by atoms with Crippen LogP contribution in [-0.4, -0.2) is 24.7 Å². The van der Waals surface area contributed by atoms with E-state index in [9.17, 15) is 5.26 Å². The smallest absolute Gasteiger partial charge is 0.202 e. The largest absolute Gasteiger partial charge is 0.270 e. The van der Waals surface area contributed by atoms with Crippen molar-refractivity contribution in [1.82, 2.24) is 24.7 Å². The second-order valence-corrected chi connectivity index (χ2v) is 7.73. The third-order valence-electron chi connectivity index (χ3n) is 4.44. The zero-order valence-corrected chi connectivity index (χ0v) is 17.2. The molecular weight excluding hydrogens is 404 g/mol. The van der Waals surface area contributed by atoms with Crippen molar-refractivity contribution in [2.75, 3.05) is 0 Å². The third-order valence-corrected chi connectivity index (χ3v) is 5.63. The fraction of sp³-hybridized carbons (Fsp3) is 0.0952.